The van der Waals surface area contributed by atoms with E-state index in [1.165, 1.54) is 6.07 Å². The van der Waals surface area contributed by atoms with Gasteiger partial charge in [0.15, 0.2) is 5.65 Å². The Kier molecular flexibility index (Phi) is 3.79. The lowest BCUT2D eigenvalue weighted by Gasteiger charge is -2.19. The minimum absolute atomic E-state index is 0.0342. The van der Waals surface area contributed by atoms with Crippen molar-refractivity contribution in [2.45, 2.75) is 25.1 Å². The second-order valence-corrected chi connectivity index (χ2v) is 6.46. The van der Waals surface area contributed by atoms with Crippen molar-refractivity contribution in [3.8, 4) is 0 Å². The Morgan fingerprint density at radius 2 is 1.80 bits per heavy atom. The molecule has 0 spiro atoms. The standard InChI is InChI=1S/C16H13ClF3N5/c17-11-5-3-10(4-6-11)14(9-1-2-9)21-12-7-8-13-22-23-15(16(18,19)20)25(13)24-12/h3-9,14H,1-2H2,(H,21,24)/t14-/m0/s1. The van der Waals surface area contributed by atoms with Gasteiger partial charge in [0.05, 0.1) is 6.04 Å². The molecule has 1 aromatic carbocycles. The van der Waals surface area contributed by atoms with Crippen LogP contribution >= 0.6 is 11.6 Å². The molecule has 0 radical (unpaired) electrons. The Bertz CT molecular complexity index is 902. The van der Waals surface area contributed by atoms with Gasteiger partial charge in [0.2, 0.25) is 0 Å². The fourth-order valence-electron chi connectivity index (χ4n) is 2.77. The smallest absolute Gasteiger partial charge is 0.362 e. The zero-order valence-corrected chi connectivity index (χ0v) is 13.6. The van der Waals surface area contributed by atoms with Gasteiger partial charge in [-0.2, -0.15) is 17.7 Å². The number of hydrogen-bond donors (Lipinski definition) is 1. The first-order valence-corrected chi connectivity index (χ1v) is 8.11. The number of nitrogens with zero attached hydrogens (tertiary/aromatic N) is 4. The summed E-state index contributed by atoms with van der Waals surface area (Å²) in [6.45, 7) is 0. The number of hydrogen-bond acceptors (Lipinski definition) is 4. The third-order valence-electron chi connectivity index (χ3n) is 4.14. The number of halogens is 4. The van der Waals surface area contributed by atoms with Crippen molar-refractivity contribution in [1.82, 2.24) is 19.8 Å². The van der Waals surface area contributed by atoms with Gasteiger partial charge < -0.3 is 5.32 Å². The molecule has 1 saturated carbocycles. The van der Waals surface area contributed by atoms with E-state index < -0.39 is 12.0 Å². The molecule has 5 nitrogen and oxygen atoms in total. The average molecular weight is 368 g/mol. The number of alkyl halides is 3. The van der Waals surface area contributed by atoms with Crippen molar-refractivity contribution in [3.63, 3.8) is 0 Å². The van der Waals surface area contributed by atoms with Crippen LogP contribution in [0, 0.1) is 5.92 Å². The molecule has 130 valence electrons. The lowest BCUT2D eigenvalue weighted by molar-refractivity contribution is -0.146. The van der Waals surface area contributed by atoms with Gasteiger partial charge >= 0.3 is 6.18 Å². The average Bonchev–Trinajstić information content (AvgIpc) is 3.31. The summed E-state index contributed by atoms with van der Waals surface area (Å²) in [5.41, 5.74) is 1.07. The van der Waals surface area contributed by atoms with E-state index in [0.29, 0.717) is 21.3 Å². The van der Waals surface area contributed by atoms with Crippen molar-refractivity contribution in [3.05, 3.63) is 52.8 Å². The summed E-state index contributed by atoms with van der Waals surface area (Å²) in [5.74, 6) is -0.382. The Hall–Kier alpha value is -2.35. The van der Waals surface area contributed by atoms with E-state index in [-0.39, 0.29) is 11.7 Å². The molecule has 1 aliphatic carbocycles. The summed E-state index contributed by atoms with van der Waals surface area (Å²) in [7, 11) is 0. The van der Waals surface area contributed by atoms with Gasteiger partial charge in [-0.15, -0.1) is 15.3 Å². The molecule has 4 rings (SSSR count). The molecule has 25 heavy (non-hydrogen) atoms. The zero-order chi connectivity index (χ0) is 17.6. The van der Waals surface area contributed by atoms with E-state index >= 15 is 0 Å². The highest BCUT2D eigenvalue weighted by atomic mass is 35.5. The molecule has 2 heterocycles. The largest absolute Gasteiger partial charge is 0.453 e. The van der Waals surface area contributed by atoms with Crippen LogP contribution in [0.1, 0.15) is 30.3 Å². The van der Waals surface area contributed by atoms with E-state index in [0.717, 1.165) is 18.4 Å². The number of anilines is 1. The molecule has 0 amide bonds. The molecular formula is C16H13ClF3N5. The summed E-state index contributed by atoms with van der Waals surface area (Å²) >= 11 is 5.93. The highest BCUT2D eigenvalue weighted by Gasteiger charge is 2.38. The van der Waals surface area contributed by atoms with Gasteiger partial charge in [0.25, 0.3) is 5.82 Å². The Balaban J connectivity index is 1.67. The van der Waals surface area contributed by atoms with Gasteiger partial charge in [-0.1, -0.05) is 23.7 Å². The van der Waals surface area contributed by atoms with E-state index in [1.807, 2.05) is 12.1 Å². The molecule has 3 aromatic rings. The SMILES string of the molecule is FC(F)(F)c1nnc2ccc(N[C@H](c3ccc(Cl)cc3)C3CC3)nn12. The summed E-state index contributed by atoms with van der Waals surface area (Å²) in [6.07, 6.45) is -2.50. The van der Waals surface area contributed by atoms with Crippen LogP contribution < -0.4 is 5.32 Å². The summed E-state index contributed by atoms with van der Waals surface area (Å²) in [4.78, 5) is 0. The van der Waals surface area contributed by atoms with Crippen LogP contribution in [-0.4, -0.2) is 19.8 Å². The van der Waals surface area contributed by atoms with Crippen LogP contribution in [0.3, 0.4) is 0 Å². The maximum absolute atomic E-state index is 13.0. The summed E-state index contributed by atoms with van der Waals surface area (Å²) < 4.78 is 39.7. The van der Waals surface area contributed by atoms with Gasteiger partial charge in [-0.25, -0.2) is 0 Å². The van der Waals surface area contributed by atoms with E-state index in [9.17, 15) is 13.2 Å². The van der Waals surface area contributed by atoms with Crippen molar-refractivity contribution in [2.24, 2.45) is 5.92 Å². The fourth-order valence-corrected chi connectivity index (χ4v) is 2.90. The number of benzene rings is 1. The third kappa shape index (κ3) is 3.26. The van der Waals surface area contributed by atoms with Crippen LogP contribution in [0.4, 0.5) is 19.0 Å². The van der Waals surface area contributed by atoms with E-state index in [2.05, 4.69) is 20.6 Å². The molecule has 2 aromatic heterocycles. The second kappa shape index (κ2) is 5.87. The van der Waals surface area contributed by atoms with Crippen molar-refractivity contribution in [2.75, 3.05) is 5.32 Å². The first kappa shape index (κ1) is 16.1. The van der Waals surface area contributed by atoms with Crippen LogP contribution in [0.15, 0.2) is 36.4 Å². The minimum Gasteiger partial charge on any atom is -0.362 e. The Morgan fingerprint density at radius 3 is 2.44 bits per heavy atom. The number of fused-ring (bicyclic) bond motifs is 1. The molecule has 1 aliphatic rings. The van der Waals surface area contributed by atoms with Crippen molar-refractivity contribution < 1.29 is 13.2 Å². The minimum atomic E-state index is -4.61. The quantitative estimate of drug-likeness (QED) is 0.744. The highest BCUT2D eigenvalue weighted by molar-refractivity contribution is 6.30. The predicted molar refractivity (Wildman–Crippen MR) is 86.3 cm³/mol. The van der Waals surface area contributed by atoms with E-state index in [4.69, 9.17) is 11.6 Å². The summed E-state index contributed by atoms with van der Waals surface area (Å²) in [6, 6.07) is 10.5. The molecule has 1 atom stereocenters. The van der Waals surface area contributed by atoms with Crippen LogP contribution in [0.25, 0.3) is 5.65 Å². The predicted octanol–water partition coefficient (Wildman–Crippen LogP) is 4.36. The molecular weight excluding hydrogens is 355 g/mol. The Morgan fingerprint density at radius 1 is 1.08 bits per heavy atom. The molecule has 1 fully saturated rings. The number of aromatic nitrogens is 4. The lowest BCUT2D eigenvalue weighted by atomic mass is 10.0. The lowest BCUT2D eigenvalue weighted by Crippen LogP contribution is -2.16. The van der Waals surface area contributed by atoms with Crippen molar-refractivity contribution >= 4 is 23.1 Å². The number of rotatable bonds is 4. The molecule has 0 saturated heterocycles. The number of nitrogens with one attached hydrogen (secondary N) is 1. The maximum Gasteiger partial charge on any atom is 0.453 e. The fraction of sp³-hybridized carbons (Fsp3) is 0.312. The molecule has 0 aliphatic heterocycles. The molecule has 0 bridgehead atoms. The normalized spacial score (nSPS) is 16.2. The molecule has 1 N–H and O–H groups in total. The second-order valence-electron chi connectivity index (χ2n) is 6.02. The Labute approximate surface area is 145 Å². The molecule has 9 heteroatoms. The van der Waals surface area contributed by atoms with Gasteiger partial charge in [-0.05, 0) is 48.6 Å². The topological polar surface area (TPSA) is 55.1 Å². The van der Waals surface area contributed by atoms with Gasteiger partial charge in [0, 0.05) is 5.02 Å². The van der Waals surface area contributed by atoms with Crippen LogP contribution in [0.2, 0.25) is 5.02 Å². The zero-order valence-electron chi connectivity index (χ0n) is 12.8. The van der Waals surface area contributed by atoms with Crippen LogP contribution in [-0.2, 0) is 6.18 Å². The van der Waals surface area contributed by atoms with Crippen LogP contribution in [0.5, 0.6) is 0 Å². The van der Waals surface area contributed by atoms with E-state index in [1.54, 1.807) is 18.2 Å². The van der Waals surface area contributed by atoms with Crippen molar-refractivity contribution in [1.29, 1.82) is 0 Å². The third-order valence-corrected chi connectivity index (χ3v) is 4.39. The van der Waals surface area contributed by atoms with Gasteiger partial charge in [-0.3, -0.25) is 0 Å². The highest BCUT2D eigenvalue weighted by Crippen LogP contribution is 2.43. The van der Waals surface area contributed by atoms with Gasteiger partial charge in [0.1, 0.15) is 5.82 Å². The maximum atomic E-state index is 13.0. The monoisotopic (exact) mass is 367 g/mol. The molecule has 0 unspecified atom stereocenters. The first-order valence-electron chi connectivity index (χ1n) is 7.73. The first-order chi connectivity index (χ1) is 11.9. The summed E-state index contributed by atoms with van der Waals surface area (Å²) in [5, 5.41) is 14.6.